The van der Waals surface area contributed by atoms with Gasteiger partial charge in [0.05, 0.1) is 0 Å². The number of nitrogens with zero attached hydrogens (tertiary/aromatic N) is 2. The molecule has 2 rings (SSSR count). The predicted octanol–water partition coefficient (Wildman–Crippen LogP) is 3.63. The van der Waals surface area contributed by atoms with Gasteiger partial charge in [-0.3, -0.25) is 4.99 Å². The van der Waals surface area contributed by atoms with E-state index in [1.807, 2.05) is 12.1 Å². The zero-order chi connectivity index (χ0) is 16.5. The summed E-state index contributed by atoms with van der Waals surface area (Å²) in [6, 6.07) is 9.08. The first-order valence-corrected chi connectivity index (χ1v) is 9.09. The van der Waals surface area contributed by atoms with Gasteiger partial charge in [0.2, 0.25) is 0 Å². The minimum absolute atomic E-state index is 0.518. The van der Waals surface area contributed by atoms with Gasteiger partial charge in [-0.2, -0.15) is 0 Å². The fourth-order valence-electron chi connectivity index (χ4n) is 3.17. The molecule has 0 bridgehead atoms. The smallest absolute Gasteiger partial charge is 0.193 e. The van der Waals surface area contributed by atoms with Crippen molar-refractivity contribution < 1.29 is 0 Å². The Labute approximate surface area is 141 Å². The van der Waals surface area contributed by atoms with Crippen molar-refractivity contribution >= 4 is 11.6 Å². The first-order chi connectivity index (χ1) is 11.2. The largest absolute Gasteiger partial charge is 0.370 e. The molecule has 0 radical (unpaired) electrons. The van der Waals surface area contributed by atoms with Crippen molar-refractivity contribution in [2.24, 2.45) is 10.7 Å². The molecule has 1 aromatic carbocycles. The molecule has 3 N–H and O–H groups in total. The van der Waals surface area contributed by atoms with Gasteiger partial charge in [0.15, 0.2) is 5.96 Å². The number of hydrogen-bond acceptors (Lipinski definition) is 2. The number of hydrogen-bond donors (Lipinski definition) is 2. The molecule has 1 aliphatic heterocycles. The standard InChI is InChI=1S/C19H32N4/c1-3-17-10-8-11-18(15-17)22-19(20)21-12-5-7-14-23-13-6-4-9-16(23)2/h8,10-11,15-16H,3-7,9,12-14H2,1-2H3,(H3,20,21,22). The van der Waals surface area contributed by atoms with Gasteiger partial charge in [0.1, 0.15) is 0 Å². The second-order valence-electron chi connectivity index (χ2n) is 6.53. The minimum atomic E-state index is 0.518. The zero-order valence-electron chi connectivity index (χ0n) is 14.7. The average molecular weight is 316 g/mol. The number of piperidine rings is 1. The zero-order valence-corrected chi connectivity index (χ0v) is 14.7. The van der Waals surface area contributed by atoms with E-state index in [-0.39, 0.29) is 0 Å². The summed E-state index contributed by atoms with van der Waals surface area (Å²) in [6.45, 7) is 7.77. The number of nitrogens with two attached hydrogens (primary N) is 1. The quantitative estimate of drug-likeness (QED) is 0.459. The molecule has 0 aliphatic carbocycles. The number of guanidine groups is 1. The van der Waals surface area contributed by atoms with E-state index < -0.39 is 0 Å². The maximum absolute atomic E-state index is 5.97. The first kappa shape index (κ1) is 17.8. The third-order valence-corrected chi connectivity index (χ3v) is 4.68. The summed E-state index contributed by atoms with van der Waals surface area (Å²) in [5.41, 5.74) is 8.30. The molecule has 4 nitrogen and oxygen atoms in total. The number of unbranched alkanes of at least 4 members (excludes halogenated alkanes) is 1. The molecule has 1 unspecified atom stereocenters. The number of aryl methyl sites for hydroxylation is 1. The number of benzene rings is 1. The number of rotatable bonds is 7. The fraction of sp³-hybridized carbons (Fsp3) is 0.632. The van der Waals surface area contributed by atoms with E-state index in [1.165, 1.54) is 44.3 Å². The van der Waals surface area contributed by atoms with Crippen molar-refractivity contribution in [2.75, 3.05) is 25.0 Å². The Bertz CT molecular complexity index is 498. The topological polar surface area (TPSA) is 53.6 Å². The van der Waals surface area contributed by atoms with E-state index in [0.717, 1.165) is 31.1 Å². The lowest BCUT2D eigenvalue weighted by molar-refractivity contribution is 0.158. The van der Waals surface area contributed by atoms with Gasteiger partial charge in [0.25, 0.3) is 0 Å². The van der Waals surface area contributed by atoms with Crippen LogP contribution in [0.15, 0.2) is 29.3 Å². The summed E-state index contributed by atoms with van der Waals surface area (Å²) in [5.74, 6) is 0.518. The SMILES string of the molecule is CCc1cccc(NC(N)=NCCCCN2CCCCC2C)c1. The third kappa shape index (κ3) is 6.22. The molecule has 0 amide bonds. The number of aliphatic imine (C=N–C) groups is 1. The molecule has 1 aromatic rings. The lowest BCUT2D eigenvalue weighted by Crippen LogP contribution is -2.38. The van der Waals surface area contributed by atoms with Gasteiger partial charge in [-0.05, 0) is 69.8 Å². The van der Waals surface area contributed by atoms with E-state index >= 15 is 0 Å². The fourth-order valence-corrected chi connectivity index (χ4v) is 3.17. The van der Waals surface area contributed by atoms with Crippen LogP contribution in [0.3, 0.4) is 0 Å². The van der Waals surface area contributed by atoms with Crippen LogP contribution in [0.5, 0.6) is 0 Å². The molecule has 1 atom stereocenters. The van der Waals surface area contributed by atoms with E-state index in [0.29, 0.717) is 5.96 Å². The highest BCUT2D eigenvalue weighted by molar-refractivity contribution is 5.92. The maximum atomic E-state index is 5.97. The number of nitrogens with one attached hydrogen (secondary N) is 1. The normalized spacial score (nSPS) is 19.7. The number of likely N-dealkylation sites (tertiary alicyclic amines) is 1. The monoisotopic (exact) mass is 316 g/mol. The molecule has 0 saturated carbocycles. The summed E-state index contributed by atoms with van der Waals surface area (Å²) in [4.78, 5) is 7.06. The Morgan fingerprint density at radius 3 is 3.00 bits per heavy atom. The predicted molar refractivity (Wildman–Crippen MR) is 100 cm³/mol. The van der Waals surface area contributed by atoms with E-state index in [4.69, 9.17) is 5.73 Å². The Balaban J connectivity index is 1.66. The van der Waals surface area contributed by atoms with Gasteiger partial charge < -0.3 is 16.0 Å². The summed E-state index contributed by atoms with van der Waals surface area (Å²) in [5, 5.41) is 3.18. The molecule has 1 saturated heterocycles. The van der Waals surface area contributed by atoms with Crippen LogP contribution in [0.1, 0.15) is 51.5 Å². The Morgan fingerprint density at radius 2 is 2.22 bits per heavy atom. The lowest BCUT2D eigenvalue weighted by Gasteiger charge is -2.33. The summed E-state index contributed by atoms with van der Waals surface area (Å²) in [6.07, 6.45) is 7.43. The molecule has 1 heterocycles. The van der Waals surface area contributed by atoms with Gasteiger partial charge in [0, 0.05) is 18.3 Å². The Kier molecular flexibility index (Phi) is 7.40. The molecule has 1 aliphatic rings. The average Bonchev–Trinajstić information content (AvgIpc) is 2.56. The van der Waals surface area contributed by atoms with Gasteiger partial charge in [-0.1, -0.05) is 25.5 Å². The van der Waals surface area contributed by atoms with Crippen molar-refractivity contribution in [3.8, 4) is 0 Å². The first-order valence-electron chi connectivity index (χ1n) is 9.09. The van der Waals surface area contributed by atoms with E-state index in [2.05, 4.69) is 41.2 Å². The van der Waals surface area contributed by atoms with Crippen molar-refractivity contribution in [1.82, 2.24) is 4.90 Å². The summed E-state index contributed by atoms with van der Waals surface area (Å²) < 4.78 is 0. The van der Waals surface area contributed by atoms with Crippen molar-refractivity contribution in [3.05, 3.63) is 29.8 Å². The van der Waals surface area contributed by atoms with Gasteiger partial charge in [-0.15, -0.1) is 0 Å². The minimum Gasteiger partial charge on any atom is -0.370 e. The van der Waals surface area contributed by atoms with Crippen LogP contribution in [0.25, 0.3) is 0 Å². The highest BCUT2D eigenvalue weighted by atomic mass is 15.2. The van der Waals surface area contributed by atoms with Crippen LogP contribution in [0.2, 0.25) is 0 Å². The van der Waals surface area contributed by atoms with Crippen LogP contribution in [-0.4, -0.2) is 36.5 Å². The molecule has 4 heteroatoms. The molecule has 23 heavy (non-hydrogen) atoms. The Morgan fingerprint density at radius 1 is 1.35 bits per heavy atom. The van der Waals surface area contributed by atoms with Gasteiger partial charge >= 0.3 is 0 Å². The summed E-state index contributed by atoms with van der Waals surface area (Å²) in [7, 11) is 0. The van der Waals surface area contributed by atoms with E-state index in [9.17, 15) is 0 Å². The molecule has 0 spiro atoms. The van der Waals surface area contributed by atoms with Crippen molar-refractivity contribution in [2.45, 2.75) is 58.4 Å². The maximum Gasteiger partial charge on any atom is 0.193 e. The molecule has 128 valence electrons. The molecule has 0 aromatic heterocycles. The van der Waals surface area contributed by atoms with Crippen LogP contribution < -0.4 is 11.1 Å². The highest BCUT2D eigenvalue weighted by Gasteiger charge is 2.16. The summed E-state index contributed by atoms with van der Waals surface area (Å²) >= 11 is 0. The molecular weight excluding hydrogens is 284 g/mol. The lowest BCUT2D eigenvalue weighted by atomic mass is 10.0. The van der Waals surface area contributed by atoms with Crippen molar-refractivity contribution in [1.29, 1.82) is 0 Å². The number of anilines is 1. The Hall–Kier alpha value is -1.55. The van der Waals surface area contributed by atoms with Crippen molar-refractivity contribution in [3.63, 3.8) is 0 Å². The second-order valence-corrected chi connectivity index (χ2v) is 6.53. The van der Waals surface area contributed by atoms with Crippen LogP contribution in [0.4, 0.5) is 5.69 Å². The third-order valence-electron chi connectivity index (χ3n) is 4.68. The second kappa shape index (κ2) is 9.56. The molecular formula is C19H32N4. The highest BCUT2D eigenvalue weighted by Crippen LogP contribution is 2.16. The van der Waals surface area contributed by atoms with Crippen LogP contribution >= 0.6 is 0 Å². The van der Waals surface area contributed by atoms with E-state index in [1.54, 1.807) is 0 Å². The van der Waals surface area contributed by atoms with Gasteiger partial charge in [-0.25, -0.2) is 0 Å². The molecule has 1 fully saturated rings. The van der Waals surface area contributed by atoms with Crippen LogP contribution in [0, 0.1) is 0 Å². The van der Waals surface area contributed by atoms with Crippen LogP contribution in [-0.2, 0) is 6.42 Å².